The summed E-state index contributed by atoms with van der Waals surface area (Å²) in [5, 5.41) is 17.7. The number of carbonyl (C=O) groups is 1. The van der Waals surface area contributed by atoms with Crippen LogP contribution < -0.4 is 11.1 Å². The van der Waals surface area contributed by atoms with Gasteiger partial charge in [-0.3, -0.25) is 9.89 Å². The minimum Gasteiger partial charge on any atom is -0.507 e. The lowest BCUT2D eigenvalue weighted by atomic mass is 10.1. The highest BCUT2D eigenvalue weighted by molar-refractivity contribution is 6.06. The maximum Gasteiger partial charge on any atom is 0.263 e. The molecule has 0 radical (unpaired) electrons. The quantitative estimate of drug-likeness (QED) is 0.626. The standard InChI is InChI=1S/C10H9FN4O2/c11-5-2-1-3-7(16)8(5)10(17)14-9-6(12)4-13-15-9/h1-4,16H,12H2,(H2,13,14,15,17). The predicted octanol–water partition coefficient (Wildman–Crippen LogP) is 1.09. The van der Waals surface area contributed by atoms with Gasteiger partial charge in [0.15, 0.2) is 5.82 Å². The van der Waals surface area contributed by atoms with Crippen molar-refractivity contribution in [1.82, 2.24) is 10.2 Å². The van der Waals surface area contributed by atoms with E-state index >= 15 is 0 Å². The molecule has 88 valence electrons. The lowest BCUT2D eigenvalue weighted by molar-refractivity contribution is 0.102. The highest BCUT2D eigenvalue weighted by Gasteiger charge is 2.17. The first-order valence-electron chi connectivity index (χ1n) is 4.67. The minimum atomic E-state index is -0.819. The summed E-state index contributed by atoms with van der Waals surface area (Å²) in [5.74, 6) is -1.92. The molecule has 0 bridgehead atoms. The number of aromatic nitrogens is 2. The molecule has 17 heavy (non-hydrogen) atoms. The number of rotatable bonds is 2. The number of aromatic hydroxyl groups is 1. The van der Waals surface area contributed by atoms with Gasteiger partial charge >= 0.3 is 0 Å². The van der Waals surface area contributed by atoms with Crippen molar-refractivity contribution < 1.29 is 14.3 Å². The molecule has 2 rings (SSSR count). The number of phenols is 1. The Kier molecular flexibility index (Phi) is 2.65. The number of carbonyl (C=O) groups excluding carboxylic acids is 1. The van der Waals surface area contributed by atoms with E-state index in [1.807, 2.05) is 0 Å². The van der Waals surface area contributed by atoms with Crippen LogP contribution in [0.3, 0.4) is 0 Å². The third kappa shape index (κ3) is 2.03. The lowest BCUT2D eigenvalue weighted by Gasteiger charge is -2.06. The molecule has 2 aromatic rings. The number of benzene rings is 1. The first kappa shape index (κ1) is 10.9. The van der Waals surface area contributed by atoms with Gasteiger partial charge in [0.25, 0.3) is 5.91 Å². The van der Waals surface area contributed by atoms with Crippen molar-refractivity contribution in [3.05, 3.63) is 35.8 Å². The second kappa shape index (κ2) is 4.12. The number of phenolic OH excluding ortho intramolecular Hbond substituents is 1. The van der Waals surface area contributed by atoms with Crippen LogP contribution >= 0.6 is 0 Å². The van der Waals surface area contributed by atoms with Crippen LogP contribution in [-0.2, 0) is 0 Å². The van der Waals surface area contributed by atoms with Gasteiger partial charge in [-0.25, -0.2) is 4.39 Å². The zero-order valence-corrected chi connectivity index (χ0v) is 8.57. The Labute approximate surface area is 95.3 Å². The molecule has 0 aliphatic rings. The van der Waals surface area contributed by atoms with Crippen LogP contribution in [0.4, 0.5) is 15.9 Å². The largest absolute Gasteiger partial charge is 0.507 e. The predicted molar refractivity (Wildman–Crippen MR) is 59.0 cm³/mol. The molecule has 7 heteroatoms. The highest BCUT2D eigenvalue weighted by Crippen LogP contribution is 2.22. The molecule has 0 saturated heterocycles. The summed E-state index contributed by atoms with van der Waals surface area (Å²) in [5.41, 5.74) is 5.25. The summed E-state index contributed by atoms with van der Waals surface area (Å²) in [4.78, 5) is 11.7. The van der Waals surface area contributed by atoms with Gasteiger partial charge in [-0.05, 0) is 12.1 Å². The smallest absolute Gasteiger partial charge is 0.263 e. The van der Waals surface area contributed by atoms with E-state index in [4.69, 9.17) is 5.73 Å². The van der Waals surface area contributed by atoms with Crippen molar-refractivity contribution in [3.63, 3.8) is 0 Å². The molecule has 5 N–H and O–H groups in total. The number of H-pyrrole nitrogens is 1. The summed E-state index contributed by atoms with van der Waals surface area (Å²) in [6.45, 7) is 0. The molecule has 6 nitrogen and oxygen atoms in total. The van der Waals surface area contributed by atoms with Crippen LogP contribution in [0.5, 0.6) is 5.75 Å². The number of hydrogen-bond acceptors (Lipinski definition) is 4. The molecular formula is C10H9FN4O2. The molecule has 0 fully saturated rings. The number of hydrogen-bond donors (Lipinski definition) is 4. The number of nitrogens with one attached hydrogen (secondary N) is 2. The van der Waals surface area contributed by atoms with Gasteiger partial charge in [0, 0.05) is 0 Å². The Morgan fingerprint density at radius 3 is 2.88 bits per heavy atom. The van der Waals surface area contributed by atoms with E-state index in [-0.39, 0.29) is 11.5 Å². The van der Waals surface area contributed by atoms with Gasteiger partial charge < -0.3 is 16.2 Å². The number of aromatic amines is 1. The maximum atomic E-state index is 13.4. The number of nitrogens with two attached hydrogens (primary N) is 1. The number of amides is 1. The normalized spacial score (nSPS) is 10.2. The SMILES string of the molecule is Nc1cn[nH]c1NC(=O)c1c(O)cccc1F. The van der Waals surface area contributed by atoms with Gasteiger partial charge in [0.1, 0.15) is 17.1 Å². The first-order chi connectivity index (χ1) is 8.09. The van der Waals surface area contributed by atoms with E-state index in [1.165, 1.54) is 18.3 Å². The zero-order valence-electron chi connectivity index (χ0n) is 8.57. The first-order valence-corrected chi connectivity index (χ1v) is 4.67. The average molecular weight is 236 g/mol. The number of halogens is 1. The van der Waals surface area contributed by atoms with Crippen LogP contribution in [0.2, 0.25) is 0 Å². The number of anilines is 2. The molecule has 0 saturated carbocycles. The van der Waals surface area contributed by atoms with Crippen molar-refractivity contribution in [2.75, 3.05) is 11.1 Å². The van der Waals surface area contributed by atoms with Crippen LogP contribution in [-0.4, -0.2) is 21.2 Å². The third-order valence-electron chi connectivity index (χ3n) is 2.13. The second-order valence-electron chi connectivity index (χ2n) is 3.29. The summed E-state index contributed by atoms with van der Waals surface area (Å²) in [6, 6.07) is 3.59. The number of nitrogen functional groups attached to an aromatic ring is 1. The summed E-state index contributed by atoms with van der Waals surface area (Å²) >= 11 is 0. The van der Waals surface area contributed by atoms with E-state index in [9.17, 15) is 14.3 Å². The zero-order chi connectivity index (χ0) is 12.4. The van der Waals surface area contributed by atoms with Crippen molar-refractivity contribution in [1.29, 1.82) is 0 Å². The van der Waals surface area contributed by atoms with Crippen LogP contribution in [0.15, 0.2) is 24.4 Å². The Morgan fingerprint density at radius 1 is 1.53 bits per heavy atom. The fraction of sp³-hybridized carbons (Fsp3) is 0. The molecule has 0 aliphatic carbocycles. The van der Waals surface area contributed by atoms with Crippen LogP contribution in [0, 0.1) is 5.82 Å². The van der Waals surface area contributed by atoms with Gasteiger partial charge in [-0.1, -0.05) is 6.07 Å². The second-order valence-corrected chi connectivity index (χ2v) is 3.29. The van der Waals surface area contributed by atoms with Gasteiger partial charge in [0.2, 0.25) is 0 Å². The maximum absolute atomic E-state index is 13.4. The minimum absolute atomic E-state index is 0.151. The molecule has 0 unspecified atom stereocenters. The summed E-state index contributed by atoms with van der Waals surface area (Å²) < 4.78 is 13.4. The Bertz CT molecular complexity index is 547. The molecular weight excluding hydrogens is 227 g/mol. The highest BCUT2D eigenvalue weighted by atomic mass is 19.1. The van der Waals surface area contributed by atoms with Crippen molar-refractivity contribution in [3.8, 4) is 5.75 Å². The lowest BCUT2D eigenvalue weighted by Crippen LogP contribution is -2.15. The number of nitrogens with zero attached hydrogens (tertiary/aromatic N) is 1. The third-order valence-corrected chi connectivity index (χ3v) is 2.13. The van der Waals surface area contributed by atoms with Crippen molar-refractivity contribution in [2.45, 2.75) is 0 Å². The molecule has 1 heterocycles. The summed E-state index contributed by atoms with van der Waals surface area (Å²) in [6.07, 6.45) is 1.30. The Hall–Kier alpha value is -2.57. The van der Waals surface area contributed by atoms with Gasteiger partial charge in [-0.15, -0.1) is 0 Å². The van der Waals surface area contributed by atoms with Gasteiger partial charge in [-0.2, -0.15) is 5.10 Å². The van der Waals surface area contributed by atoms with Crippen molar-refractivity contribution in [2.24, 2.45) is 0 Å². The van der Waals surface area contributed by atoms with Crippen molar-refractivity contribution >= 4 is 17.4 Å². The average Bonchev–Trinajstić information content (AvgIpc) is 2.64. The van der Waals surface area contributed by atoms with E-state index in [1.54, 1.807) is 0 Å². The molecule has 0 atom stereocenters. The molecule has 1 aromatic heterocycles. The van der Waals surface area contributed by atoms with E-state index in [0.717, 1.165) is 6.07 Å². The topological polar surface area (TPSA) is 104 Å². The molecule has 1 aromatic carbocycles. The van der Waals surface area contributed by atoms with Crippen LogP contribution in [0.1, 0.15) is 10.4 Å². The molecule has 0 spiro atoms. The van der Waals surface area contributed by atoms with Crippen LogP contribution in [0.25, 0.3) is 0 Å². The molecule has 0 aliphatic heterocycles. The van der Waals surface area contributed by atoms with E-state index < -0.39 is 23.0 Å². The van der Waals surface area contributed by atoms with Gasteiger partial charge in [0.05, 0.1) is 11.9 Å². The Balaban J connectivity index is 2.30. The van der Waals surface area contributed by atoms with E-state index in [2.05, 4.69) is 15.5 Å². The fourth-order valence-electron chi connectivity index (χ4n) is 1.31. The molecule has 1 amide bonds. The van der Waals surface area contributed by atoms with E-state index in [0.29, 0.717) is 0 Å². The monoisotopic (exact) mass is 236 g/mol. The Morgan fingerprint density at radius 2 is 2.29 bits per heavy atom. The fourth-order valence-corrected chi connectivity index (χ4v) is 1.31. The summed E-state index contributed by atoms with van der Waals surface area (Å²) in [7, 11) is 0.